The van der Waals surface area contributed by atoms with Gasteiger partial charge >= 0.3 is 0 Å². The van der Waals surface area contributed by atoms with Crippen LogP contribution in [-0.4, -0.2) is 15.2 Å². The van der Waals surface area contributed by atoms with Gasteiger partial charge in [0.05, 0.1) is 29.0 Å². The van der Waals surface area contributed by atoms with E-state index >= 15 is 0 Å². The minimum absolute atomic E-state index is 0.510. The van der Waals surface area contributed by atoms with Gasteiger partial charge in [-0.25, -0.2) is 0 Å². The van der Waals surface area contributed by atoms with E-state index in [0.717, 1.165) is 22.3 Å². The predicted octanol–water partition coefficient (Wildman–Crippen LogP) is 2.51. The molecule has 0 saturated carbocycles. The molecule has 0 radical (unpaired) electrons. The molecule has 0 bridgehead atoms. The maximum absolute atomic E-state index is 9.22. The fourth-order valence-corrected chi connectivity index (χ4v) is 2.02. The highest BCUT2D eigenvalue weighted by Crippen LogP contribution is 2.25. The fraction of sp³-hybridized carbons (Fsp3) is 0.0667. The van der Waals surface area contributed by atoms with Crippen molar-refractivity contribution in [3.8, 4) is 6.07 Å². The lowest BCUT2D eigenvalue weighted by molar-refractivity contribution is 0.925. The van der Waals surface area contributed by atoms with Crippen LogP contribution in [0.15, 0.2) is 48.8 Å². The largest absolute Gasteiger partial charge is 0.378 e. The summed E-state index contributed by atoms with van der Waals surface area (Å²) in [6, 6.07) is 13.6. The molecule has 0 unspecified atom stereocenters. The molecule has 3 rings (SSSR count). The number of para-hydroxylation sites is 1. The lowest BCUT2D eigenvalue weighted by Crippen LogP contribution is -2.04. The average Bonchev–Trinajstić information content (AvgIpc) is 2.53. The molecule has 0 saturated heterocycles. The van der Waals surface area contributed by atoms with Crippen LogP contribution in [0.3, 0.4) is 0 Å². The number of anilines is 1. The molecule has 0 fully saturated rings. The number of nitrogens with one attached hydrogen (secondary N) is 1. The van der Waals surface area contributed by atoms with Gasteiger partial charge in [-0.2, -0.15) is 15.5 Å². The van der Waals surface area contributed by atoms with Crippen LogP contribution < -0.4 is 5.32 Å². The molecule has 5 nitrogen and oxygen atoms in total. The minimum Gasteiger partial charge on any atom is -0.378 e. The maximum atomic E-state index is 9.22. The first-order valence-corrected chi connectivity index (χ1v) is 6.17. The molecule has 2 heterocycles. The van der Waals surface area contributed by atoms with Gasteiger partial charge in [0.15, 0.2) is 0 Å². The summed E-state index contributed by atoms with van der Waals surface area (Å²) < 4.78 is 0. The number of rotatable bonds is 3. The molecule has 1 N–H and O–H groups in total. The molecular formula is C15H11N5. The van der Waals surface area contributed by atoms with E-state index in [2.05, 4.69) is 26.6 Å². The molecule has 0 aliphatic heterocycles. The van der Waals surface area contributed by atoms with Gasteiger partial charge in [0.1, 0.15) is 6.07 Å². The third-order valence-corrected chi connectivity index (χ3v) is 2.97. The SMILES string of the molecule is N#Cc1cnc2ccccc2c1NCc1cccnn1. The summed E-state index contributed by atoms with van der Waals surface area (Å²) in [7, 11) is 0. The molecule has 0 aliphatic carbocycles. The summed E-state index contributed by atoms with van der Waals surface area (Å²) in [5.41, 5.74) is 2.97. The molecule has 0 amide bonds. The first-order valence-electron chi connectivity index (χ1n) is 6.17. The van der Waals surface area contributed by atoms with Crippen LogP contribution in [0.4, 0.5) is 5.69 Å². The lowest BCUT2D eigenvalue weighted by atomic mass is 10.1. The standard InChI is InChI=1S/C15H11N5/c16-8-11-9-17-14-6-2-1-5-13(14)15(11)18-10-12-4-3-7-19-20-12/h1-7,9H,10H2,(H,17,18). The highest BCUT2D eigenvalue weighted by molar-refractivity contribution is 5.93. The van der Waals surface area contributed by atoms with Crippen molar-refractivity contribution in [3.05, 3.63) is 60.0 Å². The topological polar surface area (TPSA) is 74.5 Å². The molecule has 3 aromatic rings. The van der Waals surface area contributed by atoms with Crippen molar-refractivity contribution in [2.24, 2.45) is 0 Å². The van der Waals surface area contributed by atoms with E-state index in [1.807, 2.05) is 36.4 Å². The van der Waals surface area contributed by atoms with Gasteiger partial charge in [-0.15, -0.1) is 0 Å². The summed E-state index contributed by atoms with van der Waals surface area (Å²) in [6.07, 6.45) is 3.22. The number of hydrogen-bond donors (Lipinski definition) is 1. The second-order valence-corrected chi connectivity index (χ2v) is 4.24. The van der Waals surface area contributed by atoms with Gasteiger partial charge in [0.25, 0.3) is 0 Å². The van der Waals surface area contributed by atoms with Crippen LogP contribution >= 0.6 is 0 Å². The monoisotopic (exact) mass is 261 g/mol. The van der Waals surface area contributed by atoms with Crippen molar-refractivity contribution in [2.45, 2.75) is 6.54 Å². The number of fused-ring (bicyclic) bond motifs is 1. The summed E-state index contributed by atoms with van der Waals surface area (Å²) in [5.74, 6) is 0. The van der Waals surface area contributed by atoms with Crippen LogP contribution in [0.1, 0.15) is 11.3 Å². The van der Waals surface area contributed by atoms with Crippen molar-refractivity contribution in [1.82, 2.24) is 15.2 Å². The normalized spacial score (nSPS) is 10.2. The average molecular weight is 261 g/mol. The van der Waals surface area contributed by atoms with E-state index in [1.54, 1.807) is 12.4 Å². The zero-order chi connectivity index (χ0) is 13.8. The first-order chi connectivity index (χ1) is 9.88. The Hall–Kier alpha value is -3.00. The van der Waals surface area contributed by atoms with Crippen LogP contribution in [0.2, 0.25) is 0 Å². The second kappa shape index (κ2) is 5.33. The molecule has 5 heteroatoms. The van der Waals surface area contributed by atoms with E-state index in [-0.39, 0.29) is 0 Å². The highest BCUT2D eigenvalue weighted by Gasteiger charge is 2.08. The highest BCUT2D eigenvalue weighted by atomic mass is 15.1. The lowest BCUT2D eigenvalue weighted by Gasteiger charge is -2.10. The van der Waals surface area contributed by atoms with E-state index in [0.29, 0.717) is 12.1 Å². The van der Waals surface area contributed by atoms with Crippen LogP contribution in [0, 0.1) is 11.3 Å². The maximum Gasteiger partial charge on any atom is 0.103 e. The van der Waals surface area contributed by atoms with Gasteiger partial charge in [0, 0.05) is 17.8 Å². The number of pyridine rings is 1. The van der Waals surface area contributed by atoms with E-state index < -0.39 is 0 Å². The smallest absolute Gasteiger partial charge is 0.103 e. The Morgan fingerprint density at radius 2 is 2.05 bits per heavy atom. The number of benzene rings is 1. The Morgan fingerprint density at radius 3 is 2.85 bits per heavy atom. The van der Waals surface area contributed by atoms with Gasteiger partial charge in [0.2, 0.25) is 0 Å². The van der Waals surface area contributed by atoms with Crippen LogP contribution in [0.25, 0.3) is 10.9 Å². The number of aromatic nitrogens is 3. The number of hydrogen-bond acceptors (Lipinski definition) is 5. The van der Waals surface area contributed by atoms with Crippen molar-refractivity contribution in [2.75, 3.05) is 5.32 Å². The number of nitrogens with zero attached hydrogens (tertiary/aromatic N) is 4. The second-order valence-electron chi connectivity index (χ2n) is 4.24. The molecular weight excluding hydrogens is 250 g/mol. The summed E-state index contributed by atoms with van der Waals surface area (Å²) in [6.45, 7) is 0.510. The third kappa shape index (κ3) is 2.27. The Kier molecular flexibility index (Phi) is 3.21. The van der Waals surface area contributed by atoms with E-state index in [1.165, 1.54) is 0 Å². The Balaban J connectivity index is 1.99. The third-order valence-electron chi connectivity index (χ3n) is 2.97. The van der Waals surface area contributed by atoms with Gasteiger partial charge < -0.3 is 5.32 Å². The Labute approximate surface area is 115 Å². The van der Waals surface area contributed by atoms with Crippen molar-refractivity contribution < 1.29 is 0 Å². The van der Waals surface area contributed by atoms with E-state index in [4.69, 9.17) is 0 Å². The number of nitriles is 1. The zero-order valence-electron chi connectivity index (χ0n) is 10.6. The van der Waals surface area contributed by atoms with Gasteiger partial charge in [-0.1, -0.05) is 18.2 Å². The van der Waals surface area contributed by atoms with E-state index in [9.17, 15) is 5.26 Å². The summed E-state index contributed by atoms with van der Waals surface area (Å²) in [4.78, 5) is 4.28. The molecule has 0 aliphatic rings. The molecule has 96 valence electrons. The summed E-state index contributed by atoms with van der Waals surface area (Å²) in [5, 5.41) is 21.3. The quantitative estimate of drug-likeness (QED) is 0.784. The predicted molar refractivity (Wildman–Crippen MR) is 75.8 cm³/mol. The minimum atomic E-state index is 0.510. The van der Waals surface area contributed by atoms with Crippen LogP contribution in [-0.2, 0) is 6.54 Å². The van der Waals surface area contributed by atoms with Crippen molar-refractivity contribution in [3.63, 3.8) is 0 Å². The Bertz CT molecular complexity index is 777. The molecule has 0 spiro atoms. The molecule has 1 aromatic carbocycles. The van der Waals surface area contributed by atoms with Crippen LogP contribution in [0.5, 0.6) is 0 Å². The fourth-order valence-electron chi connectivity index (χ4n) is 2.02. The molecule has 2 aromatic heterocycles. The van der Waals surface area contributed by atoms with Crippen molar-refractivity contribution >= 4 is 16.6 Å². The molecule has 0 atom stereocenters. The van der Waals surface area contributed by atoms with Gasteiger partial charge in [-0.3, -0.25) is 4.98 Å². The van der Waals surface area contributed by atoms with Crippen molar-refractivity contribution in [1.29, 1.82) is 5.26 Å². The first kappa shape index (κ1) is 12.1. The summed E-state index contributed by atoms with van der Waals surface area (Å²) >= 11 is 0. The Morgan fingerprint density at radius 1 is 1.15 bits per heavy atom. The zero-order valence-corrected chi connectivity index (χ0v) is 10.6. The van der Waals surface area contributed by atoms with Gasteiger partial charge in [-0.05, 0) is 18.2 Å². The molecule has 20 heavy (non-hydrogen) atoms.